The molecule has 1 aliphatic rings. The van der Waals surface area contributed by atoms with Crippen molar-refractivity contribution in [3.05, 3.63) is 54.1 Å². The fraction of sp³-hybridized carbons (Fsp3) is 0.125. The summed E-state index contributed by atoms with van der Waals surface area (Å²) in [6.45, 7) is 0.387. The van der Waals surface area contributed by atoms with Gasteiger partial charge in [0.05, 0.1) is 12.6 Å². The molecule has 1 atom stereocenters. The summed E-state index contributed by atoms with van der Waals surface area (Å²) in [4.78, 5) is 4.57. The predicted octanol–water partition coefficient (Wildman–Crippen LogP) is 2.36. The second kappa shape index (κ2) is 4.43. The number of phenolic OH excluding ortho intramolecular Hbond substituents is 1. The van der Waals surface area contributed by atoms with E-state index in [2.05, 4.69) is 10.1 Å². The quantitative estimate of drug-likeness (QED) is 0.717. The minimum atomic E-state index is -0.576. The number of aromatic nitrogens is 3. The van der Waals surface area contributed by atoms with E-state index in [1.807, 2.05) is 30.3 Å². The molecule has 3 aromatic rings. The fourth-order valence-electron chi connectivity index (χ4n) is 2.69. The fourth-order valence-corrected chi connectivity index (χ4v) is 2.69. The molecular formula is C16H13N3O2. The molecule has 21 heavy (non-hydrogen) atoms. The maximum absolute atomic E-state index is 10.2. The first kappa shape index (κ1) is 12.1. The Morgan fingerprint density at radius 1 is 1.10 bits per heavy atom. The van der Waals surface area contributed by atoms with E-state index in [0.717, 1.165) is 22.5 Å². The lowest BCUT2D eigenvalue weighted by Gasteiger charge is -2.21. The SMILES string of the molecule is Oc1cccc(-c2nc3n(n2)CC(O)c2ccccc2-3)c1. The van der Waals surface area contributed by atoms with Crippen LogP contribution in [0.1, 0.15) is 11.7 Å². The van der Waals surface area contributed by atoms with Gasteiger partial charge in [-0.3, -0.25) is 0 Å². The van der Waals surface area contributed by atoms with Crippen molar-refractivity contribution in [1.82, 2.24) is 14.8 Å². The highest BCUT2D eigenvalue weighted by Crippen LogP contribution is 2.34. The second-order valence-corrected chi connectivity index (χ2v) is 5.09. The number of aliphatic hydroxyl groups is 1. The highest BCUT2D eigenvalue weighted by atomic mass is 16.3. The van der Waals surface area contributed by atoms with Crippen molar-refractivity contribution in [2.45, 2.75) is 12.6 Å². The van der Waals surface area contributed by atoms with Crippen LogP contribution in [0.2, 0.25) is 0 Å². The number of aromatic hydroxyl groups is 1. The third kappa shape index (κ3) is 1.90. The summed E-state index contributed by atoms with van der Waals surface area (Å²) in [6.07, 6.45) is -0.576. The van der Waals surface area contributed by atoms with E-state index < -0.39 is 6.10 Å². The van der Waals surface area contributed by atoms with E-state index in [-0.39, 0.29) is 5.75 Å². The molecule has 1 aromatic heterocycles. The Kier molecular flexibility index (Phi) is 2.55. The minimum absolute atomic E-state index is 0.181. The molecule has 0 aliphatic carbocycles. The summed E-state index contributed by atoms with van der Waals surface area (Å²) in [5.41, 5.74) is 2.53. The van der Waals surface area contributed by atoms with Gasteiger partial charge < -0.3 is 10.2 Å². The van der Waals surface area contributed by atoms with Crippen molar-refractivity contribution in [1.29, 1.82) is 0 Å². The van der Waals surface area contributed by atoms with Crippen LogP contribution in [0.4, 0.5) is 0 Å². The van der Waals surface area contributed by atoms with Gasteiger partial charge in [0.1, 0.15) is 5.75 Å². The summed E-state index contributed by atoms with van der Waals surface area (Å²) in [5.74, 6) is 1.47. The Hall–Kier alpha value is -2.66. The molecule has 2 heterocycles. The summed E-state index contributed by atoms with van der Waals surface area (Å²) >= 11 is 0. The lowest BCUT2D eigenvalue weighted by Crippen LogP contribution is -2.17. The van der Waals surface area contributed by atoms with E-state index in [1.54, 1.807) is 22.9 Å². The van der Waals surface area contributed by atoms with Gasteiger partial charge in [-0.15, -0.1) is 0 Å². The van der Waals surface area contributed by atoms with Gasteiger partial charge in [-0.1, -0.05) is 36.4 Å². The van der Waals surface area contributed by atoms with Crippen LogP contribution in [-0.4, -0.2) is 25.0 Å². The molecule has 0 saturated heterocycles. The van der Waals surface area contributed by atoms with Crippen molar-refractivity contribution < 1.29 is 10.2 Å². The standard InChI is InChI=1S/C16H13N3O2/c20-11-5-3-4-10(8-11)15-17-16-13-7-2-1-6-12(13)14(21)9-19(16)18-15/h1-8,14,20-21H,9H2. The zero-order chi connectivity index (χ0) is 14.4. The van der Waals surface area contributed by atoms with Crippen LogP contribution >= 0.6 is 0 Å². The van der Waals surface area contributed by atoms with Crippen LogP contribution in [-0.2, 0) is 6.54 Å². The molecule has 104 valence electrons. The Morgan fingerprint density at radius 3 is 2.81 bits per heavy atom. The van der Waals surface area contributed by atoms with Gasteiger partial charge in [0.15, 0.2) is 11.6 Å². The van der Waals surface area contributed by atoms with Crippen molar-refractivity contribution in [2.24, 2.45) is 0 Å². The molecule has 5 nitrogen and oxygen atoms in total. The lowest BCUT2D eigenvalue weighted by molar-refractivity contribution is 0.148. The van der Waals surface area contributed by atoms with Crippen LogP contribution in [0.3, 0.4) is 0 Å². The topological polar surface area (TPSA) is 71.2 Å². The second-order valence-electron chi connectivity index (χ2n) is 5.09. The van der Waals surface area contributed by atoms with Gasteiger partial charge in [0.2, 0.25) is 0 Å². The summed E-state index contributed by atoms with van der Waals surface area (Å²) < 4.78 is 1.71. The number of hydrogen-bond acceptors (Lipinski definition) is 4. The predicted molar refractivity (Wildman–Crippen MR) is 77.5 cm³/mol. The van der Waals surface area contributed by atoms with Gasteiger partial charge in [0.25, 0.3) is 0 Å². The normalized spacial score (nSPS) is 16.3. The molecule has 1 aliphatic heterocycles. The average molecular weight is 279 g/mol. The van der Waals surface area contributed by atoms with Crippen LogP contribution in [0.25, 0.3) is 22.8 Å². The monoisotopic (exact) mass is 279 g/mol. The molecule has 0 amide bonds. The van der Waals surface area contributed by atoms with E-state index in [1.165, 1.54) is 0 Å². The van der Waals surface area contributed by atoms with Crippen LogP contribution in [0, 0.1) is 0 Å². The first-order chi connectivity index (χ1) is 10.2. The molecule has 4 rings (SSSR count). The molecule has 0 spiro atoms. The number of aliphatic hydroxyl groups excluding tert-OH is 1. The Bertz CT molecular complexity index is 826. The number of fused-ring (bicyclic) bond motifs is 3. The highest BCUT2D eigenvalue weighted by Gasteiger charge is 2.25. The molecule has 2 N–H and O–H groups in total. The number of nitrogens with zero attached hydrogens (tertiary/aromatic N) is 3. The maximum Gasteiger partial charge on any atom is 0.181 e. The third-order valence-corrected chi connectivity index (χ3v) is 3.68. The van der Waals surface area contributed by atoms with Gasteiger partial charge in [-0.25, -0.2) is 9.67 Å². The van der Waals surface area contributed by atoms with E-state index in [4.69, 9.17) is 0 Å². The Balaban J connectivity index is 1.88. The first-order valence-electron chi connectivity index (χ1n) is 6.74. The van der Waals surface area contributed by atoms with E-state index in [9.17, 15) is 10.2 Å². The molecule has 1 unspecified atom stereocenters. The molecule has 0 saturated carbocycles. The van der Waals surface area contributed by atoms with Gasteiger partial charge in [-0.05, 0) is 17.7 Å². The lowest BCUT2D eigenvalue weighted by atomic mass is 9.99. The van der Waals surface area contributed by atoms with Crippen LogP contribution in [0.15, 0.2) is 48.5 Å². The molecule has 0 fully saturated rings. The Labute approximate surface area is 121 Å². The molecule has 0 bridgehead atoms. The van der Waals surface area contributed by atoms with Crippen LogP contribution < -0.4 is 0 Å². The van der Waals surface area contributed by atoms with Gasteiger partial charge >= 0.3 is 0 Å². The van der Waals surface area contributed by atoms with Crippen molar-refractivity contribution >= 4 is 0 Å². The van der Waals surface area contributed by atoms with E-state index >= 15 is 0 Å². The molecule has 2 aromatic carbocycles. The summed E-state index contributed by atoms with van der Waals surface area (Å²) in [7, 11) is 0. The maximum atomic E-state index is 10.2. The van der Waals surface area contributed by atoms with Gasteiger partial charge in [-0.2, -0.15) is 5.10 Å². The average Bonchev–Trinajstić information content (AvgIpc) is 2.92. The van der Waals surface area contributed by atoms with Gasteiger partial charge in [0, 0.05) is 11.1 Å². The number of phenols is 1. The van der Waals surface area contributed by atoms with Crippen molar-refractivity contribution in [2.75, 3.05) is 0 Å². The summed E-state index contributed by atoms with van der Waals surface area (Å²) in [5, 5.41) is 24.2. The van der Waals surface area contributed by atoms with Crippen molar-refractivity contribution in [3.63, 3.8) is 0 Å². The zero-order valence-electron chi connectivity index (χ0n) is 11.1. The Morgan fingerprint density at radius 2 is 1.95 bits per heavy atom. The van der Waals surface area contributed by atoms with Crippen LogP contribution in [0.5, 0.6) is 5.75 Å². The molecule has 0 radical (unpaired) electrons. The molecule has 5 heteroatoms. The van der Waals surface area contributed by atoms with E-state index in [0.29, 0.717) is 12.4 Å². The highest BCUT2D eigenvalue weighted by molar-refractivity contribution is 5.66. The number of benzene rings is 2. The largest absolute Gasteiger partial charge is 0.508 e. The van der Waals surface area contributed by atoms with Crippen molar-refractivity contribution in [3.8, 4) is 28.5 Å². The number of hydrogen-bond donors (Lipinski definition) is 2. The first-order valence-corrected chi connectivity index (χ1v) is 6.74. The number of rotatable bonds is 1. The summed E-state index contributed by atoms with van der Waals surface area (Å²) in [6, 6.07) is 14.5. The third-order valence-electron chi connectivity index (χ3n) is 3.68. The smallest absolute Gasteiger partial charge is 0.181 e. The minimum Gasteiger partial charge on any atom is -0.508 e. The zero-order valence-corrected chi connectivity index (χ0v) is 11.1. The molecular weight excluding hydrogens is 266 g/mol.